The Morgan fingerprint density at radius 3 is 2.88 bits per heavy atom. The SMILES string of the molecule is CNC1CCCN(C(C)c2cc(Cl)sc2Cl)C1. The lowest BCUT2D eigenvalue weighted by Gasteiger charge is -2.36. The van der Waals surface area contributed by atoms with Gasteiger partial charge in [0.2, 0.25) is 0 Å². The molecule has 1 aliphatic rings. The van der Waals surface area contributed by atoms with Gasteiger partial charge >= 0.3 is 0 Å². The molecule has 0 bridgehead atoms. The van der Waals surface area contributed by atoms with Gasteiger partial charge in [-0.15, -0.1) is 11.3 Å². The molecular formula is C12H18Cl2N2S. The van der Waals surface area contributed by atoms with Crippen molar-refractivity contribution in [2.75, 3.05) is 20.1 Å². The van der Waals surface area contributed by atoms with E-state index in [1.165, 1.54) is 29.7 Å². The van der Waals surface area contributed by atoms with Crippen molar-refractivity contribution < 1.29 is 0 Å². The second-order valence-electron chi connectivity index (χ2n) is 4.58. The number of thiophene rings is 1. The number of likely N-dealkylation sites (tertiary alicyclic amines) is 1. The fraction of sp³-hybridized carbons (Fsp3) is 0.667. The number of halogens is 2. The van der Waals surface area contributed by atoms with Crippen LogP contribution in [0.15, 0.2) is 6.07 Å². The Bertz CT molecular complexity index is 381. The van der Waals surface area contributed by atoms with Gasteiger partial charge in [0.1, 0.15) is 0 Å². The molecule has 96 valence electrons. The molecule has 5 heteroatoms. The third-order valence-corrected chi connectivity index (χ3v) is 5.06. The van der Waals surface area contributed by atoms with E-state index < -0.39 is 0 Å². The molecular weight excluding hydrogens is 275 g/mol. The topological polar surface area (TPSA) is 15.3 Å². The number of likely N-dealkylation sites (N-methyl/N-ethyl adjacent to an activating group) is 1. The van der Waals surface area contributed by atoms with Gasteiger partial charge in [0.05, 0.1) is 8.67 Å². The maximum atomic E-state index is 6.22. The number of hydrogen-bond acceptors (Lipinski definition) is 3. The maximum absolute atomic E-state index is 6.22. The van der Waals surface area contributed by atoms with Crippen LogP contribution in [0, 0.1) is 0 Å². The Morgan fingerprint density at radius 1 is 1.53 bits per heavy atom. The number of rotatable bonds is 3. The zero-order valence-electron chi connectivity index (χ0n) is 10.2. The summed E-state index contributed by atoms with van der Waals surface area (Å²) in [5.41, 5.74) is 1.17. The summed E-state index contributed by atoms with van der Waals surface area (Å²) in [5.74, 6) is 0. The summed E-state index contributed by atoms with van der Waals surface area (Å²) in [6.07, 6.45) is 2.50. The van der Waals surface area contributed by atoms with Crippen LogP contribution in [-0.2, 0) is 0 Å². The van der Waals surface area contributed by atoms with Gasteiger partial charge in [-0.25, -0.2) is 0 Å². The van der Waals surface area contributed by atoms with Crippen molar-refractivity contribution in [3.05, 3.63) is 20.3 Å². The summed E-state index contributed by atoms with van der Waals surface area (Å²) in [4.78, 5) is 2.48. The van der Waals surface area contributed by atoms with Crippen LogP contribution in [0.25, 0.3) is 0 Å². The van der Waals surface area contributed by atoms with E-state index in [0.717, 1.165) is 21.8 Å². The van der Waals surface area contributed by atoms with Crippen LogP contribution in [-0.4, -0.2) is 31.1 Å². The van der Waals surface area contributed by atoms with Crippen LogP contribution in [0.5, 0.6) is 0 Å². The molecule has 2 nitrogen and oxygen atoms in total. The first-order valence-corrected chi connectivity index (χ1v) is 7.55. The van der Waals surface area contributed by atoms with Crippen molar-refractivity contribution in [2.45, 2.75) is 31.8 Å². The second kappa shape index (κ2) is 5.89. The van der Waals surface area contributed by atoms with E-state index >= 15 is 0 Å². The minimum atomic E-state index is 0.349. The minimum Gasteiger partial charge on any atom is -0.316 e. The average molecular weight is 293 g/mol. The van der Waals surface area contributed by atoms with Crippen molar-refractivity contribution in [1.82, 2.24) is 10.2 Å². The standard InChI is InChI=1S/C12H18Cl2N2S/c1-8(10-6-11(13)17-12(10)14)16-5-3-4-9(7-16)15-2/h6,8-9,15H,3-5,7H2,1-2H3. The van der Waals surface area contributed by atoms with Gasteiger partial charge in [-0.2, -0.15) is 0 Å². The molecule has 0 radical (unpaired) electrons. The molecule has 1 N–H and O–H groups in total. The van der Waals surface area contributed by atoms with Gasteiger partial charge in [-0.05, 0) is 39.4 Å². The number of nitrogens with zero attached hydrogens (tertiary/aromatic N) is 1. The first-order chi connectivity index (χ1) is 8.11. The zero-order valence-corrected chi connectivity index (χ0v) is 12.5. The summed E-state index contributed by atoms with van der Waals surface area (Å²) >= 11 is 13.7. The Kier molecular flexibility index (Phi) is 4.72. The first kappa shape index (κ1) is 13.6. The van der Waals surface area contributed by atoms with Gasteiger partial charge in [-0.3, -0.25) is 4.90 Å². The van der Waals surface area contributed by atoms with E-state index in [9.17, 15) is 0 Å². The van der Waals surface area contributed by atoms with Crippen LogP contribution in [0.3, 0.4) is 0 Å². The van der Waals surface area contributed by atoms with Crippen LogP contribution in [0.1, 0.15) is 31.4 Å². The fourth-order valence-corrected chi connectivity index (χ4v) is 4.06. The molecule has 1 fully saturated rings. The molecule has 2 unspecified atom stereocenters. The van der Waals surface area contributed by atoms with Crippen molar-refractivity contribution in [1.29, 1.82) is 0 Å². The number of hydrogen-bond donors (Lipinski definition) is 1. The largest absolute Gasteiger partial charge is 0.316 e. The molecule has 0 saturated carbocycles. The highest BCUT2D eigenvalue weighted by molar-refractivity contribution is 7.20. The Morgan fingerprint density at radius 2 is 2.29 bits per heavy atom. The zero-order chi connectivity index (χ0) is 12.4. The van der Waals surface area contributed by atoms with Gasteiger partial charge in [0.25, 0.3) is 0 Å². The molecule has 1 aromatic rings. The summed E-state index contributed by atoms with van der Waals surface area (Å²) in [7, 11) is 2.03. The van der Waals surface area contributed by atoms with Gasteiger partial charge < -0.3 is 5.32 Å². The van der Waals surface area contributed by atoms with Gasteiger partial charge in [0, 0.05) is 24.2 Å². The smallest absolute Gasteiger partial charge is 0.0991 e. The lowest BCUT2D eigenvalue weighted by Crippen LogP contribution is -2.45. The summed E-state index contributed by atoms with van der Waals surface area (Å²) in [5, 5.41) is 3.36. The first-order valence-electron chi connectivity index (χ1n) is 5.98. The van der Waals surface area contributed by atoms with E-state index in [2.05, 4.69) is 17.1 Å². The average Bonchev–Trinajstić information content (AvgIpc) is 2.67. The molecule has 0 amide bonds. The van der Waals surface area contributed by atoms with Crippen molar-refractivity contribution in [3.63, 3.8) is 0 Å². The van der Waals surface area contributed by atoms with Crippen molar-refractivity contribution in [2.24, 2.45) is 0 Å². The quantitative estimate of drug-likeness (QED) is 0.912. The van der Waals surface area contributed by atoms with E-state index in [1.54, 1.807) is 0 Å². The molecule has 17 heavy (non-hydrogen) atoms. The van der Waals surface area contributed by atoms with Crippen molar-refractivity contribution >= 4 is 34.5 Å². The predicted molar refractivity (Wildman–Crippen MR) is 76.4 cm³/mol. The number of nitrogens with one attached hydrogen (secondary N) is 1. The third kappa shape index (κ3) is 3.15. The molecule has 2 heterocycles. The van der Waals surface area contributed by atoms with Crippen LogP contribution >= 0.6 is 34.5 Å². The highest BCUT2D eigenvalue weighted by Gasteiger charge is 2.25. The summed E-state index contributed by atoms with van der Waals surface area (Å²) < 4.78 is 1.60. The van der Waals surface area contributed by atoms with Crippen molar-refractivity contribution in [3.8, 4) is 0 Å². The van der Waals surface area contributed by atoms with Crippen LogP contribution in [0.4, 0.5) is 0 Å². The van der Waals surface area contributed by atoms with Gasteiger partial charge in [0.15, 0.2) is 0 Å². The minimum absolute atomic E-state index is 0.349. The Labute approximate surface area is 117 Å². The summed E-state index contributed by atoms with van der Waals surface area (Å²) in [6, 6.07) is 2.95. The Balaban J connectivity index is 2.08. The third-order valence-electron chi connectivity index (χ3n) is 3.54. The lowest BCUT2D eigenvalue weighted by molar-refractivity contribution is 0.149. The predicted octanol–water partition coefficient (Wildman–Crippen LogP) is 3.80. The van der Waals surface area contributed by atoms with E-state index in [4.69, 9.17) is 23.2 Å². The van der Waals surface area contributed by atoms with Crippen LogP contribution in [0.2, 0.25) is 8.67 Å². The second-order valence-corrected chi connectivity index (χ2v) is 6.86. The van der Waals surface area contributed by atoms with Crippen LogP contribution < -0.4 is 5.32 Å². The lowest BCUT2D eigenvalue weighted by atomic mass is 10.0. The molecule has 2 rings (SSSR count). The van der Waals surface area contributed by atoms with E-state index in [-0.39, 0.29) is 0 Å². The Hall–Kier alpha value is 0.200. The summed E-state index contributed by atoms with van der Waals surface area (Å²) in [6.45, 7) is 4.44. The van der Waals surface area contributed by atoms with E-state index in [0.29, 0.717) is 12.1 Å². The molecule has 2 atom stereocenters. The molecule has 0 aromatic carbocycles. The molecule has 1 saturated heterocycles. The maximum Gasteiger partial charge on any atom is 0.0991 e. The molecule has 0 aliphatic carbocycles. The monoisotopic (exact) mass is 292 g/mol. The number of piperidine rings is 1. The van der Waals surface area contributed by atoms with E-state index in [1.807, 2.05) is 13.1 Å². The highest BCUT2D eigenvalue weighted by atomic mass is 35.5. The highest BCUT2D eigenvalue weighted by Crippen LogP contribution is 2.37. The normalized spacial score (nSPS) is 23.9. The molecule has 1 aliphatic heterocycles. The molecule has 1 aromatic heterocycles. The van der Waals surface area contributed by atoms with Gasteiger partial charge in [-0.1, -0.05) is 23.2 Å². The fourth-order valence-electron chi connectivity index (χ4n) is 2.43. The molecule has 0 spiro atoms.